The lowest BCUT2D eigenvalue weighted by Gasteiger charge is -2.17. The van der Waals surface area contributed by atoms with Crippen molar-refractivity contribution >= 4 is 39.9 Å². The van der Waals surface area contributed by atoms with Gasteiger partial charge >= 0.3 is 0 Å². The number of Topliss-reactive ketones (excluding diaryl/α,β-unsaturated/α-hetero) is 2. The Labute approximate surface area is 205 Å². The van der Waals surface area contributed by atoms with Crippen LogP contribution in [0.2, 0.25) is 5.02 Å². The molecule has 2 aromatic carbocycles. The van der Waals surface area contributed by atoms with Crippen molar-refractivity contribution in [1.82, 2.24) is 9.97 Å². The molecule has 3 rings (SSSR count). The molecule has 0 amide bonds. The highest BCUT2D eigenvalue weighted by Crippen LogP contribution is 2.29. The highest BCUT2D eigenvalue weighted by molar-refractivity contribution is 6.34. The summed E-state index contributed by atoms with van der Waals surface area (Å²) >= 11 is 6.26. The Hall–Kier alpha value is -2.86. The standard InChI is InChI=1S/C27H31ClFN3O2/c1-15(2)30-26-19-9-7-8-18(25(19)31-16(3)32-26)14-21(33)23-20(28)12-10-17(24(23)29)11-13-22(34)27(4,5)6/h7-10,12,15H,11,13-14H2,1-6H3,(H,30,31,32). The fourth-order valence-electron chi connectivity index (χ4n) is 3.78. The molecule has 0 aliphatic rings. The molecular weight excluding hydrogens is 453 g/mol. The lowest BCUT2D eigenvalue weighted by molar-refractivity contribution is -0.126. The van der Waals surface area contributed by atoms with Crippen molar-refractivity contribution in [2.45, 2.75) is 66.8 Å². The van der Waals surface area contributed by atoms with E-state index >= 15 is 4.39 Å². The van der Waals surface area contributed by atoms with E-state index in [2.05, 4.69) is 15.3 Å². The van der Waals surface area contributed by atoms with Crippen LogP contribution in [0.25, 0.3) is 10.9 Å². The first kappa shape index (κ1) is 25.8. The molecule has 0 unspecified atom stereocenters. The van der Waals surface area contributed by atoms with E-state index < -0.39 is 17.0 Å². The average Bonchev–Trinajstić information content (AvgIpc) is 2.72. The first-order valence-corrected chi connectivity index (χ1v) is 11.8. The van der Waals surface area contributed by atoms with Crippen LogP contribution in [-0.2, 0) is 17.6 Å². The van der Waals surface area contributed by atoms with E-state index in [0.29, 0.717) is 28.3 Å². The summed E-state index contributed by atoms with van der Waals surface area (Å²) in [5, 5.41) is 4.17. The van der Waals surface area contributed by atoms with Crippen LogP contribution in [0.3, 0.4) is 0 Å². The van der Waals surface area contributed by atoms with Gasteiger partial charge in [-0.1, -0.05) is 50.6 Å². The molecule has 0 aliphatic carbocycles. The zero-order chi connectivity index (χ0) is 25.2. The second kappa shape index (κ2) is 10.2. The van der Waals surface area contributed by atoms with Crippen molar-refractivity contribution in [2.24, 2.45) is 5.41 Å². The van der Waals surface area contributed by atoms with Gasteiger partial charge in [-0.3, -0.25) is 9.59 Å². The van der Waals surface area contributed by atoms with Crippen LogP contribution in [0.5, 0.6) is 0 Å². The Balaban J connectivity index is 1.94. The summed E-state index contributed by atoms with van der Waals surface area (Å²) in [7, 11) is 0. The molecule has 1 N–H and O–H groups in total. The zero-order valence-electron chi connectivity index (χ0n) is 20.6. The number of fused-ring (bicyclic) bond motifs is 1. The van der Waals surface area contributed by atoms with E-state index in [1.54, 1.807) is 13.0 Å². The lowest BCUT2D eigenvalue weighted by atomic mass is 9.87. The van der Waals surface area contributed by atoms with Crippen LogP contribution in [0.4, 0.5) is 10.2 Å². The number of aryl methyl sites for hydroxylation is 2. The van der Waals surface area contributed by atoms with Gasteiger partial charge in [-0.15, -0.1) is 0 Å². The van der Waals surface area contributed by atoms with Crippen molar-refractivity contribution in [3.05, 3.63) is 63.7 Å². The van der Waals surface area contributed by atoms with E-state index in [9.17, 15) is 9.59 Å². The van der Waals surface area contributed by atoms with Crippen LogP contribution in [0, 0.1) is 18.2 Å². The van der Waals surface area contributed by atoms with E-state index in [1.165, 1.54) is 6.07 Å². The summed E-state index contributed by atoms with van der Waals surface area (Å²) in [5.41, 5.74) is 0.980. The molecular formula is C27H31ClFN3O2. The normalized spacial score (nSPS) is 11.8. The predicted octanol–water partition coefficient (Wildman–Crippen LogP) is 6.52. The molecule has 0 saturated carbocycles. The van der Waals surface area contributed by atoms with E-state index in [0.717, 1.165) is 5.39 Å². The van der Waals surface area contributed by atoms with Crippen LogP contribution < -0.4 is 5.32 Å². The van der Waals surface area contributed by atoms with Crippen LogP contribution in [0.1, 0.15) is 68.3 Å². The fourth-order valence-corrected chi connectivity index (χ4v) is 4.03. The molecule has 5 nitrogen and oxygen atoms in total. The highest BCUT2D eigenvalue weighted by atomic mass is 35.5. The van der Waals surface area contributed by atoms with Crippen molar-refractivity contribution in [1.29, 1.82) is 0 Å². The number of carbonyl (C=O) groups excluding carboxylic acids is 2. The Morgan fingerprint density at radius 1 is 1.09 bits per heavy atom. The summed E-state index contributed by atoms with van der Waals surface area (Å²) in [6, 6.07) is 8.78. The molecule has 7 heteroatoms. The topological polar surface area (TPSA) is 72.0 Å². The minimum Gasteiger partial charge on any atom is -0.367 e. The Morgan fingerprint density at radius 2 is 1.79 bits per heavy atom. The van der Waals surface area contributed by atoms with Crippen molar-refractivity contribution < 1.29 is 14.0 Å². The van der Waals surface area contributed by atoms with Crippen molar-refractivity contribution in [3.63, 3.8) is 0 Å². The molecule has 0 fully saturated rings. The third-order valence-corrected chi connectivity index (χ3v) is 5.92. The van der Waals surface area contributed by atoms with E-state index in [4.69, 9.17) is 11.6 Å². The molecule has 0 saturated heterocycles. The number of rotatable bonds is 8. The minimum absolute atomic E-state index is 0.0337. The SMILES string of the molecule is Cc1nc(NC(C)C)c2cccc(CC(=O)c3c(Cl)ccc(CCC(=O)C(C)(C)C)c3F)c2n1. The number of benzene rings is 2. The second-order valence-electron chi connectivity index (χ2n) is 9.90. The maximum absolute atomic E-state index is 15.4. The van der Waals surface area contributed by atoms with Crippen LogP contribution in [0.15, 0.2) is 30.3 Å². The molecule has 0 bridgehead atoms. The molecule has 1 heterocycles. The summed E-state index contributed by atoms with van der Waals surface area (Å²) in [6.07, 6.45) is 0.348. The smallest absolute Gasteiger partial charge is 0.171 e. The fraction of sp³-hybridized carbons (Fsp3) is 0.407. The predicted molar refractivity (Wildman–Crippen MR) is 135 cm³/mol. The highest BCUT2D eigenvalue weighted by Gasteiger charge is 2.24. The number of para-hydroxylation sites is 1. The molecule has 3 aromatic rings. The largest absolute Gasteiger partial charge is 0.367 e. The third-order valence-electron chi connectivity index (χ3n) is 5.61. The lowest BCUT2D eigenvalue weighted by Crippen LogP contribution is -2.20. The number of hydrogen-bond donors (Lipinski definition) is 1. The monoisotopic (exact) mass is 483 g/mol. The van der Waals surface area contributed by atoms with Gasteiger partial charge in [0.25, 0.3) is 0 Å². The number of carbonyl (C=O) groups is 2. The average molecular weight is 484 g/mol. The van der Waals surface area contributed by atoms with Gasteiger partial charge in [-0.05, 0) is 50.5 Å². The van der Waals surface area contributed by atoms with Gasteiger partial charge < -0.3 is 5.32 Å². The number of nitrogens with one attached hydrogen (secondary N) is 1. The van der Waals surface area contributed by atoms with Gasteiger partial charge in [0.2, 0.25) is 0 Å². The van der Waals surface area contributed by atoms with Gasteiger partial charge in [-0.25, -0.2) is 14.4 Å². The number of anilines is 1. The Morgan fingerprint density at radius 3 is 2.44 bits per heavy atom. The second-order valence-corrected chi connectivity index (χ2v) is 10.3. The molecule has 180 valence electrons. The quantitative estimate of drug-likeness (QED) is 0.369. The first-order chi connectivity index (χ1) is 15.9. The molecule has 0 atom stereocenters. The molecule has 1 aromatic heterocycles. The molecule has 0 radical (unpaired) electrons. The van der Waals surface area contributed by atoms with Gasteiger partial charge in [-0.2, -0.15) is 0 Å². The number of halogens is 2. The first-order valence-electron chi connectivity index (χ1n) is 11.4. The van der Waals surface area contributed by atoms with Gasteiger partial charge in [0.05, 0.1) is 16.1 Å². The van der Waals surface area contributed by atoms with Gasteiger partial charge in [0.15, 0.2) is 5.78 Å². The summed E-state index contributed by atoms with van der Waals surface area (Å²) in [4.78, 5) is 34.6. The molecule has 0 aliphatic heterocycles. The minimum atomic E-state index is -0.660. The van der Waals surface area contributed by atoms with E-state index in [1.807, 2.05) is 52.8 Å². The maximum Gasteiger partial charge on any atom is 0.171 e. The van der Waals surface area contributed by atoms with E-state index in [-0.39, 0.29) is 41.7 Å². The van der Waals surface area contributed by atoms with Crippen LogP contribution >= 0.6 is 11.6 Å². The number of hydrogen-bond acceptors (Lipinski definition) is 5. The Kier molecular flexibility index (Phi) is 7.71. The van der Waals surface area contributed by atoms with Gasteiger partial charge in [0.1, 0.15) is 23.2 Å². The van der Waals surface area contributed by atoms with Crippen LogP contribution in [-0.4, -0.2) is 27.6 Å². The van der Waals surface area contributed by atoms with Gasteiger partial charge in [0, 0.05) is 29.7 Å². The summed E-state index contributed by atoms with van der Waals surface area (Å²) in [5.74, 6) is 0.208. The number of ketones is 2. The zero-order valence-corrected chi connectivity index (χ0v) is 21.3. The molecule has 0 spiro atoms. The molecule has 34 heavy (non-hydrogen) atoms. The Bertz CT molecular complexity index is 1250. The number of nitrogens with zero attached hydrogens (tertiary/aromatic N) is 2. The number of aromatic nitrogens is 2. The summed E-state index contributed by atoms with van der Waals surface area (Å²) in [6.45, 7) is 11.3. The third kappa shape index (κ3) is 5.79. The summed E-state index contributed by atoms with van der Waals surface area (Å²) < 4.78 is 15.4. The van der Waals surface area contributed by atoms with Crippen molar-refractivity contribution in [3.8, 4) is 0 Å². The van der Waals surface area contributed by atoms with Crippen molar-refractivity contribution in [2.75, 3.05) is 5.32 Å². The maximum atomic E-state index is 15.4.